The normalized spacial score (nSPS) is 13.2. The topological polar surface area (TPSA) is 124 Å². The zero-order valence-corrected chi connectivity index (χ0v) is 16.9. The summed E-state index contributed by atoms with van der Waals surface area (Å²) in [5.74, 6) is -1.56. The maximum Gasteiger partial charge on any atom is 0.326 e. The van der Waals surface area contributed by atoms with Gasteiger partial charge in [-0.2, -0.15) is 11.8 Å². The molecule has 0 spiro atoms. The summed E-state index contributed by atoms with van der Waals surface area (Å²) in [6.07, 6.45) is 3.75. The Morgan fingerprint density at radius 1 is 1.17 bits per heavy atom. The molecule has 2 amide bonds. The van der Waals surface area contributed by atoms with Gasteiger partial charge in [0.2, 0.25) is 5.91 Å². The van der Waals surface area contributed by atoms with Crippen LogP contribution in [0.4, 0.5) is 0 Å². The number of thioether (sulfide) groups is 1. The molecule has 4 N–H and O–H groups in total. The number of aliphatic carboxylic acids is 1. The molecule has 0 aliphatic heterocycles. The maximum absolute atomic E-state index is 12.6. The number of aromatic nitrogens is 2. The number of para-hydroxylation sites is 1. The Morgan fingerprint density at radius 3 is 2.66 bits per heavy atom. The Hall–Kier alpha value is -3.07. The first kappa shape index (κ1) is 20.7. The van der Waals surface area contributed by atoms with Gasteiger partial charge in [-0.05, 0) is 37.5 Å². The van der Waals surface area contributed by atoms with Gasteiger partial charge < -0.3 is 20.7 Å². The third kappa shape index (κ3) is 4.68. The lowest BCUT2D eigenvalue weighted by Crippen LogP contribution is -2.50. The number of nitrogens with one attached hydrogen (secondary N) is 3. The largest absolute Gasteiger partial charge is 0.480 e. The number of carboxylic acid groups (broad SMARTS) is 1. The van der Waals surface area contributed by atoms with Crippen molar-refractivity contribution >= 4 is 51.4 Å². The second kappa shape index (κ2) is 8.95. The second-order valence-corrected chi connectivity index (χ2v) is 7.65. The summed E-state index contributed by atoms with van der Waals surface area (Å²) in [5.41, 5.74) is 1.94. The third-order valence-corrected chi connectivity index (χ3v) is 5.23. The molecule has 0 aliphatic carbocycles. The Labute approximate surface area is 171 Å². The highest BCUT2D eigenvalue weighted by atomic mass is 32.2. The van der Waals surface area contributed by atoms with Crippen molar-refractivity contribution in [3.63, 3.8) is 0 Å². The summed E-state index contributed by atoms with van der Waals surface area (Å²) in [5, 5.41) is 16.1. The minimum absolute atomic E-state index is 0.180. The molecule has 1 aromatic carbocycles. The second-order valence-electron chi connectivity index (χ2n) is 6.66. The summed E-state index contributed by atoms with van der Waals surface area (Å²) in [6, 6.07) is 7.51. The van der Waals surface area contributed by atoms with Gasteiger partial charge in [0.15, 0.2) is 0 Å². The zero-order chi connectivity index (χ0) is 21.0. The molecule has 3 aromatic rings. The van der Waals surface area contributed by atoms with Gasteiger partial charge in [-0.25, -0.2) is 9.78 Å². The van der Waals surface area contributed by atoms with Gasteiger partial charge in [-0.3, -0.25) is 9.59 Å². The number of nitrogens with zero attached hydrogens (tertiary/aromatic N) is 1. The zero-order valence-electron chi connectivity index (χ0n) is 16.1. The quantitative estimate of drug-likeness (QED) is 0.448. The highest BCUT2D eigenvalue weighted by Gasteiger charge is 2.24. The average molecular weight is 414 g/mol. The number of H-pyrrole nitrogens is 1. The van der Waals surface area contributed by atoms with Crippen LogP contribution in [0.5, 0.6) is 0 Å². The van der Waals surface area contributed by atoms with Gasteiger partial charge in [0.05, 0.1) is 11.7 Å². The number of benzene rings is 1. The Bertz CT molecular complexity index is 1070. The van der Waals surface area contributed by atoms with Crippen molar-refractivity contribution in [2.45, 2.75) is 25.4 Å². The van der Waals surface area contributed by atoms with Gasteiger partial charge in [0, 0.05) is 16.3 Å². The SMILES string of the molecule is CSCCC(NC(=O)C(C)NC(=O)c1cc2c(cn1)[nH]c1ccccc12)C(=O)O. The smallest absolute Gasteiger partial charge is 0.326 e. The average Bonchev–Trinajstić information content (AvgIpc) is 3.08. The van der Waals surface area contributed by atoms with Crippen LogP contribution in [0, 0.1) is 0 Å². The van der Waals surface area contributed by atoms with Crippen LogP contribution in [-0.4, -0.2) is 57.0 Å². The molecule has 9 heteroatoms. The molecule has 3 rings (SSSR count). The van der Waals surface area contributed by atoms with E-state index in [1.54, 1.807) is 12.3 Å². The molecule has 152 valence electrons. The van der Waals surface area contributed by atoms with E-state index in [1.165, 1.54) is 18.7 Å². The summed E-state index contributed by atoms with van der Waals surface area (Å²) in [4.78, 5) is 43.6. The number of aromatic amines is 1. The van der Waals surface area contributed by atoms with E-state index in [0.29, 0.717) is 12.2 Å². The predicted octanol–water partition coefficient (Wildman–Crippen LogP) is 2.16. The van der Waals surface area contributed by atoms with Crippen molar-refractivity contribution in [1.29, 1.82) is 0 Å². The molecule has 2 heterocycles. The molecule has 0 bridgehead atoms. The minimum atomic E-state index is -1.10. The molecule has 0 aliphatic rings. The summed E-state index contributed by atoms with van der Waals surface area (Å²) < 4.78 is 0. The van der Waals surface area contributed by atoms with Crippen molar-refractivity contribution in [3.05, 3.63) is 42.2 Å². The molecule has 2 aromatic heterocycles. The standard InChI is InChI=1S/C20H22N4O4S/c1-11(18(25)24-15(20(27)28)7-8-29-2)22-19(26)16-9-13-12-5-3-4-6-14(12)23-17(13)10-21-16/h3-6,9-11,15,23H,7-8H2,1-2H3,(H,22,26)(H,24,25)(H,27,28). The highest BCUT2D eigenvalue weighted by molar-refractivity contribution is 7.98. The van der Waals surface area contributed by atoms with Crippen LogP contribution in [0.1, 0.15) is 23.8 Å². The van der Waals surface area contributed by atoms with Crippen molar-refractivity contribution in [3.8, 4) is 0 Å². The van der Waals surface area contributed by atoms with Crippen LogP contribution < -0.4 is 10.6 Å². The molecular formula is C20H22N4O4S. The van der Waals surface area contributed by atoms with Gasteiger partial charge >= 0.3 is 5.97 Å². The van der Waals surface area contributed by atoms with Crippen molar-refractivity contribution in [1.82, 2.24) is 20.6 Å². The first-order valence-electron chi connectivity index (χ1n) is 9.10. The van der Waals surface area contributed by atoms with Crippen LogP contribution in [0.2, 0.25) is 0 Å². The van der Waals surface area contributed by atoms with Crippen molar-refractivity contribution in [2.24, 2.45) is 0 Å². The van der Waals surface area contributed by atoms with E-state index in [4.69, 9.17) is 0 Å². The molecule has 2 unspecified atom stereocenters. The van der Waals surface area contributed by atoms with Crippen LogP contribution in [0.25, 0.3) is 21.8 Å². The molecule has 0 fully saturated rings. The number of carbonyl (C=O) groups excluding carboxylic acids is 2. The Balaban J connectivity index is 1.71. The summed E-state index contributed by atoms with van der Waals surface area (Å²) in [7, 11) is 0. The fourth-order valence-electron chi connectivity index (χ4n) is 3.00. The fourth-order valence-corrected chi connectivity index (χ4v) is 3.47. The van der Waals surface area contributed by atoms with Crippen LogP contribution in [-0.2, 0) is 9.59 Å². The number of carbonyl (C=O) groups is 3. The monoisotopic (exact) mass is 414 g/mol. The first-order valence-corrected chi connectivity index (χ1v) is 10.5. The molecule has 29 heavy (non-hydrogen) atoms. The molecule has 8 nitrogen and oxygen atoms in total. The lowest BCUT2D eigenvalue weighted by molar-refractivity contribution is -0.142. The van der Waals surface area contributed by atoms with Gasteiger partial charge in [-0.1, -0.05) is 18.2 Å². The van der Waals surface area contributed by atoms with Gasteiger partial charge in [-0.15, -0.1) is 0 Å². The predicted molar refractivity (Wildman–Crippen MR) is 113 cm³/mol. The summed E-state index contributed by atoms with van der Waals surface area (Å²) >= 11 is 1.50. The van der Waals surface area contributed by atoms with E-state index in [0.717, 1.165) is 21.8 Å². The molecule has 2 atom stereocenters. The van der Waals surface area contributed by atoms with Gasteiger partial charge in [0.25, 0.3) is 5.91 Å². The molecule has 0 saturated heterocycles. The van der Waals surface area contributed by atoms with Crippen LogP contribution in [0.15, 0.2) is 36.5 Å². The minimum Gasteiger partial charge on any atom is -0.480 e. The number of carboxylic acids is 1. The van der Waals surface area contributed by atoms with Crippen molar-refractivity contribution < 1.29 is 19.5 Å². The lowest BCUT2D eigenvalue weighted by atomic mass is 10.1. The van der Waals surface area contributed by atoms with E-state index in [9.17, 15) is 19.5 Å². The van der Waals surface area contributed by atoms with E-state index in [2.05, 4.69) is 20.6 Å². The maximum atomic E-state index is 12.6. The number of hydrogen-bond donors (Lipinski definition) is 4. The van der Waals surface area contributed by atoms with Crippen molar-refractivity contribution in [2.75, 3.05) is 12.0 Å². The molecule has 0 radical (unpaired) electrons. The van der Waals surface area contributed by atoms with E-state index in [-0.39, 0.29) is 5.69 Å². The fraction of sp³-hybridized carbons (Fsp3) is 0.300. The first-order chi connectivity index (χ1) is 13.9. The van der Waals surface area contributed by atoms with E-state index >= 15 is 0 Å². The molecule has 0 saturated carbocycles. The number of rotatable bonds is 8. The lowest BCUT2D eigenvalue weighted by Gasteiger charge is -2.18. The Morgan fingerprint density at radius 2 is 1.93 bits per heavy atom. The van der Waals surface area contributed by atoms with E-state index in [1.807, 2.05) is 30.5 Å². The van der Waals surface area contributed by atoms with Crippen LogP contribution >= 0.6 is 11.8 Å². The number of hydrogen-bond acceptors (Lipinski definition) is 5. The Kier molecular flexibility index (Phi) is 6.38. The third-order valence-electron chi connectivity index (χ3n) is 4.59. The number of pyridine rings is 1. The molecular weight excluding hydrogens is 392 g/mol. The summed E-state index contributed by atoms with van der Waals surface area (Å²) in [6.45, 7) is 1.50. The number of amides is 2. The van der Waals surface area contributed by atoms with Gasteiger partial charge in [0.1, 0.15) is 17.8 Å². The number of fused-ring (bicyclic) bond motifs is 3. The van der Waals surface area contributed by atoms with Crippen LogP contribution in [0.3, 0.4) is 0 Å². The van der Waals surface area contributed by atoms with E-state index < -0.39 is 29.9 Å². The highest BCUT2D eigenvalue weighted by Crippen LogP contribution is 2.24.